The van der Waals surface area contributed by atoms with E-state index in [1.54, 1.807) is 0 Å². The van der Waals surface area contributed by atoms with Gasteiger partial charge < -0.3 is 26.8 Å². The monoisotopic (exact) mass is 377 g/mol. The molecule has 0 aliphatic heterocycles. The molecular formula is C18H29Cl2NO3. The highest BCUT2D eigenvalue weighted by Gasteiger charge is 2.14. The van der Waals surface area contributed by atoms with Gasteiger partial charge in [-0.05, 0) is 37.5 Å². The summed E-state index contributed by atoms with van der Waals surface area (Å²) in [6.45, 7) is 13.3. The van der Waals surface area contributed by atoms with Crippen LogP contribution in [-0.2, 0) is 4.79 Å². The van der Waals surface area contributed by atoms with E-state index >= 15 is 0 Å². The Kier molecular flexibility index (Phi) is 11.1. The lowest BCUT2D eigenvalue weighted by molar-refractivity contribution is -0.895. The first kappa shape index (κ1) is 23.0. The molecule has 1 aromatic carbocycles. The molecule has 0 amide bonds. The molecule has 6 heteroatoms. The number of carbonyl (C=O) groups excluding carboxylic acids is 1. The van der Waals surface area contributed by atoms with Crippen LogP contribution in [0.2, 0.25) is 0 Å². The molecule has 0 saturated heterocycles. The van der Waals surface area contributed by atoms with E-state index in [2.05, 4.69) is 20.8 Å². The van der Waals surface area contributed by atoms with Crippen LogP contribution in [0.4, 0.5) is 0 Å². The van der Waals surface area contributed by atoms with E-state index in [9.17, 15) is 4.79 Å². The SMILES string of the molecule is CC[NH+](CCCl)CCOc1cc(C)c(OC(C)=O)cc1C(C)C.[Cl-]. The van der Waals surface area contributed by atoms with Gasteiger partial charge in [-0.2, -0.15) is 0 Å². The van der Waals surface area contributed by atoms with Crippen molar-refractivity contribution >= 4 is 17.6 Å². The van der Waals surface area contributed by atoms with E-state index in [4.69, 9.17) is 21.1 Å². The number of nitrogens with one attached hydrogen (secondary N) is 1. The molecule has 0 fully saturated rings. The zero-order valence-electron chi connectivity index (χ0n) is 15.2. The third-order valence-electron chi connectivity index (χ3n) is 3.84. The zero-order chi connectivity index (χ0) is 17.4. The van der Waals surface area contributed by atoms with Gasteiger partial charge >= 0.3 is 5.97 Å². The van der Waals surface area contributed by atoms with Crippen molar-refractivity contribution in [3.05, 3.63) is 23.3 Å². The van der Waals surface area contributed by atoms with Crippen LogP contribution in [0.1, 0.15) is 44.7 Å². The van der Waals surface area contributed by atoms with E-state index in [-0.39, 0.29) is 24.3 Å². The van der Waals surface area contributed by atoms with E-state index in [0.717, 1.165) is 36.5 Å². The van der Waals surface area contributed by atoms with Crippen LogP contribution in [0.3, 0.4) is 0 Å². The van der Waals surface area contributed by atoms with Crippen LogP contribution in [0.25, 0.3) is 0 Å². The summed E-state index contributed by atoms with van der Waals surface area (Å²) in [5.74, 6) is 2.12. The number of quaternary nitrogens is 1. The predicted octanol–water partition coefficient (Wildman–Crippen LogP) is -0.430. The first-order chi connectivity index (χ1) is 10.9. The summed E-state index contributed by atoms with van der Waals surface area (Å²) < 4.78 is 11.3. The first-order valence-corrected chi connectivity index (χ1v) is 8.77. The van der Waals surface area contributed by atoms with Gasteiger partial charge in [0.25, 0.3) is 0 Å². The predicted molar refractivity (Wildman–Crippen MR) is 94.0 cm³/mol. The second-order valence-electron chi connectivity index (χ2n) is 6.04. The minimum absolute atomic E-state index is 0. The number of hydrogen-bond donors (Lipinski definition) is 1. The summed E-state index contributed by atoms with van der Waals surface area (Å²) in [5, 5.41) is 0. The fourth-order valence-corrected chi connectivity index (χ4v) is 2.70. The van der Waals surface area contributed by atoms with Gasteiger partial charge in [-0.25, -0.2) is 0 Å². The molecule has 1 unspecified atom stereocenters. The molecule has 0 spiro atoms. The Hall–Kier alpha value is -0.970. The number of aryl methyl sites for hydroxylation is 1. The summed E-state index contributed by atoms with van der Waals surface area (Å²) in [4.78, 5) is 12.6. The van der Waals surface area contributed by atoms with E-state index in [1.165, 1.54) is 11.8 Å². The zero-order valence-corrected chi connectivity index (χ0v) is 16.8. The van der Waals surface area contributed by atoms with Crippen LogP contribution < -0.4 is 26.8 Å². The number of likely N-dealkylation sites (N-methyl/N-ethyl adjacent to an activating group) is 1. The molecule has 0 heterocycles. The Labute approximate surface area is 156 Å². The molecule has 0 aromatic heterocycles. The highest BCUT2D eigenvalue weighted by atomic mass is 35.5. The number of benzene rings is 1. The average molecular weight is 378 g/mol. The Morgan fingerprint density at radius 3 is 2.42 bits per heavy atom. The molecule has 0 aliphatic rings. The Balaban J connectivity index is 0.00000529. The number of alkyl halides is 1. The van der Waals surface area contributed by atoms with Gasteiger partial charge in [-0.3, -0.25) is 4.79 Å². The third kappa shape index (κ3) is 7.29. The molecule has 24 heavy (non-hydrogen) atoms. The standard InChI is InChI=1S/C18H28ClNO3.ClH/c1-6-20(8-7-19)9-10-22-18-11-14(4)17(23-15(5)21)12-16(18)13(2)3;/h11-13H,6-10H2,1-5H3;1H. The molecule has 0 saturated carbocycles. The number of ether oxygens (including phenoxy) is 2. The normalized spacial score (nSPS) is 11.8. The maximum atomic E-state index is 11.2. The lowest BCUT2D eigenvalue weighted by Crippen LogP contribution is -3.12. The fourth-order valence-electron chi connectivity index (χ4n) is 2.44. The van der Waals surface area contributed by atoms with Gasteiger partial charge in [0.05, 0.1) is 19.0 Å². The Morgan fingerprint density at radius 1 is 1.25 bits per heavy atom. The second kappa shape index (κ2) is 11.6. The van der Waals surface area contributed by atoms with E-state index in [0.29, 0.717) is 18.2 Å². The molecule has 4 nitrogen and oxygen atoms in total. The largest absolute Gasteiger partial charge is 1.00 e. The van der Waals surface area contributed by atoms with Crippen molar-refractivity contribution in [2.75, 3.05) is 32.1 Å². The maximum absolute atomic E-state index is 11.2. The van der Waals surface area contributed by atoms with Gasteiger partial charge in [0.1, 0.15) is 24.7 Å². The Bertz CT molecular complexity index is 521. The molecule has 1 rings (SSSR count). The molecule has 138 valence electrons. The molecule has 1 atom stereocenters. The molecule has 0 bridgehead atoms. The van der Waals surface area contributed by atoms with Crippen LogP contribution in [0.15, 0.2) is 12.1 Å². The minimum Gasteiger partial charge on any atom is -1.00 e. The van der Waals surface area contributed by atoms with Crippen LogP contribution in [-0.4, -0.2) is 38.1 Å². The van der Waals surface area contributed by atoms with Crippen molar-refractivity contribution in [1.82, 2.24) is 0 Å². The highest BCUT2D eigenvalue weighted by Crippen LogP contribution is 2.33. The number of esters is 1. The molecule has 0 radical (unpaired) electrons. The lowest BCUT2D eigenvalue weighted by atomic mass is 10.00. The number of rotatable bonds is 9. The van der Waals surface area contributed by atoms with Crippen LogP contribution in [0, 0.1) is 6.92 Å². The first-order valence-electron chi connectivity index (χ1n) is 8.24. The number of carbonyl (C=O) groups is 1. The van der Waals surface area contributed by atoms with Gasteiger partial charge in [-0.15, -0.1) is 11.6 Å². The number of hydrogen-bond acceptors (Lipinski definition) is 3. The van der Waals surface area contributed by atoms with Gasteiger partial charge in [0.2, 0.25) is 0 Å². The van der Waals surface area contributed by atoms with Crippen molar-refractivity contribution in [3.63, 3.8) is 0 Å². The van der Waals surface area contributed by atoms with Crippen molar-refractivity contribution in [2.45, 2.75) is 40.5 Å². The molecular weight excluding hydrogens is 349 g/mol. The second-order valence-corrected chi connectivity index (χ2v) is 6.42. The van der Waals surface area contributed by atoms with Gasteiger partial charge in [0.15, 0.2) is 0 Å². The van der Waals surface area contributed by atoms with E-state index in [1.807, 2.05) is 19.1 Å². The van der Waals surface area contributed by atoms with Gasteiger partial charge in [0, 0.05) is 12.5 Å². The summed E-state index contributed by atoms with van der Waals surface area (Å²) in [6, 6.07) is 3.88. The van der Waals surface area contributed by atoms with Crippen LogP contribution in [0.5, 0.6) is 11.5 Å². The quantitative estimate of drug-likeness (QED) is 0.360. The smallest absolute Gasteiger partial charge is 0.308 e. The van der Waals surface area contributed by atoms with Crippen LogP contribution >= 0.6 is 11.6 Å². The maximum Gasteiger partial charge on any atom is 0.308 e. The average Bonchev–Trinajstić information content (AvgIpc) is 2.48. The topological polar surface area (TPSA) is 40.0 Å². The molecule has 1 N–H and O–H groups in total. The summed E-state index contributed by atoms with van der Waals surface area (Å²) >= 11 is 5.81. The lowest BCUT2D eigenvalue weighted by Gasteiger charge is -2.19. The third-order valence-corrected chi connectivity index (χ3v) is 4.03. The summed E-state index contributed by atoms with van der Waals surface area (Å²) in [7, 11) is 0. The number of halogens is 2. The molecule has 0 aliphatic carbocycles. The van der Waals surface area contributed by atoms with Crippen molar-refractivity contribution in [2.24, 2.45) is 0 Å². The summed E-state index contributed by atoms with van der Waals surface area (Å²) in [6.07, 6.45) is 0. The van der Waals surface area contributed by atoms with Gasteiger partial charge in [-0.1, -0.05) is 13.8 Å². The van der Waals surface area contributed by atoms with Crippen molar-refractivity contribution in [3.8, 4) is 11.5 Å². The minimum atomic E-state index is -0.306. The Morgan fingerprint density at radius 2 is 1.92 bits per heavy atom. The van der Waals surface area contributed by atoms with Crippen molar-refractivity contribution < 1.29 is 31.6 Å². The molecule has 1 aromatic rings. The van der Waals surface area contributed by atoms with E-state index < -0.39 is 0 Å². The van der Waals surface area contributed by atoms with Crippen molar-refractivity contribution in [1.29, 1.82) is 0 Å². The highest BCUT2D eigenvalue weighted by molar-refractivity contribution is 6.17. The fraction of sp³-hybridized carbons (Fsp3) is 0.611. The summed E-state index contributed by atoms with van der Waals surface area (Å²) in [5.41, 5.74) is 1.96.